The molecule has 1 aliphatic heterocycles. The van der Waals surface area contributed by atoms with Crippen LogP contribution in [0.5, 0.6) is 0 Å². The quantitative estimate of drug-likeness (QED) is 0.545. The smallest absolute Gasteiger partial charge is 0.346 e. The zero-order valence-corrected chi connectivity index (χ0v) is 17.3. The highest BCUT2D eigenvalue weighted by Crippen LogP contribution is 2.20. The highest BCUT2D eigenvalue weighted by Gasteiger charge is 2.23. The molecular weight excluding hydrogens is 402 g/mol. The molecule has 9 heteroatoms. The first-order valence-corrected chi connectivity index (χ1v) is 10.8. The number of hydrogen-bond donors (Lipinski definition) is 1. The summed E-state index contributed by atoms with van der Waals surface area (Å²) in [6, 6.07) is 9.26. The molecule has 0 radical (unpaired) electrons. The molecule has 154 valence electrons. The summed E-state index contributed by atoms with van der Waals surface area (Å²) in [6.07, 6.45) is 2.02. The van der Waals surface area contributed by atoms with Crippen molar-refractivity contribution >= 4 is 28.2 Å². The number of hydrogen-bond acceptors (Lipinski definition) is 6. The van der Waals surface area contributed by atoms with E-state index in [0.717, 1.165) is 28.3 Å². The Hall–Kier alpha value is -3.20. The molecule has 0 fully saturated rings. The molecule has 8 nitrogen and oxygen atoms in total. The summed E-state index contributed by atoms with van der Waals surface area (Å²) in [5.41, 5.74) is 1.42. The maximum absolute atomic E-state index is 12.8. The third kappa shape index (κ3) is 3.56. The van der Waals surface area contributed by atoms with Gasteiger partial charge in [0.2, 0.25) is 0 Å². The Morgan fingerprint density at radius 3 is 3.00 bits per heavy atom. The van der Waals surface area contributed by atoms with Crippen molar-refractivity contribution < 1.29 is 9.21 Å². The number of rotatable bonds is 4. The van der Waals surface area contributed by atoms with Gasteiger partial charge in [-0.1, -0.05) is 18.2 Å². The number of aryl methyl sites for hydroxylation is 2. The Kier molecular flexibility index (Phi) is 4.74. The Morgan fingerprint density at radius 2 is 2.20 bits per heavy atom. The van der Waals surface area contributed by atoms with Crippen LogP contribution >= 0.6 is 11.3 Å². The second-order valence-electron chi connectivity index (χ2n) is 7.51. The molecule has 0 aliphatic carbocycles. The van der Waals surface area contributed by atoms with Crippen molar-refractivity contribution in [3.8, 4) is 0 Å². The Labute approximate surface area is 176 Å². The molecule has 0 saturated heterocycles. The number of fused-ring (bicyclic) bond motifs is 2. The van der Waals surface area contributed by atoms with Gasteiger partial charge in [-0.25, -0.2) is 14.5 Å². The van der Waals surface area contributed by atoms with Crippen molar-refractivity contribution in [3.63, 3.8) is 0 Å². The highest BCUT2D eigenvalue weighted by molar-refractivity contribution is 7.09. The molecule has 1 aromatic carbocycles. The summed E-state index contributed by atoms with van der Waals surface area (Å²) in [5, 5.41) is 11.4. The van der Waals surface area contributed by atoms with E-state index in [1.54, 1.807) is 22.0 Å². The first-order chi connectivity index (χ1) is 14.6. The predicted octanol–water partition coefficient (Wildman–Crippen LogP) is 2.74. The van der Waals surface area contributed by atoms with Crippen LogP contribution in [0.1, 0.15) is 39.9 Å². The maximum atomic E-state index is 12.8. The van der Waals surface area contributed by atoms with Crippen molar-refractivity contribution in [1.82, 2.24) is 24.6 Å². The molecule has 3 aromatic heterocycles. The zero-order valence-electron chi connectivity index (χ0n) is 16.5. The minimum absolute atomic E-state index is 0.0403. The first-order valence-electron chi connectivity index (χ1n) is 9.94. The van der Waals surface area contributed by atoms with E-state index >= 15 is 0 Å². The van der Waals surface area contributed by atoms with E-state index in [0.29, 0.717) is 37.3 Å². The fourth-order valence-electron chi connectivity index (χ4n) is 3.86. The van der Waals surface area contributed by atoms with Gasteiger partial charge in [0.15, 0.2) is 5.76 Å². The van der Waals surface area contributed by atoms with Gasteiger partial charge in [0.1, 0.15) is 11.4 Å². The zero-order chi connectivity index (χ0) is 20.7. The standard InChI is InChI=1S/C21H21N5O3S/c1-13-22-16(12-30-13)11-26-21(28)25-9-8-15(6-7-19(25)24-26)23-20(27)18-10-14-4-2-3-5-17(14)29-18/h2-5,10,12,15H,6-9,11H2,1H3,(H,23,27). The van der Waals surface area contributed by atoms with Crippen LogP contribution in [0.2, 0.25) is 0 Å². The third-order valence-electron chi connectivity index (χ3n) is 5.38. The van der Waals surface area contributed by atoms with Crippen LogP contribution in [0.4, 0.5) is 0 Å². The summed E-state index contributed by atoms with van der Waals surface area (Å²) in [5.74, 6) is 0.832. The lowest BCUT2D eigenvalue weighted by Crippen LogP contribution is -2.35. The van der Waals surface area contributed by atoms with E-state index < -0.39 is 0 Å². The Balaban J connectivity index is 1.26. The van der Waals surface area contributed by atoms with Crippen LogP contribution in [-0.4, -0.2) is 31.3 Å². The van der Waals surface area contributed by atoms with E-state index in [9.17, 15) is 9.59 Å². The van der Waals surface area contributed by atoms with Crippen LogP contribution in [0, 0.1) is 6.92 Å². The number of thiazole rings is 1. The van der Waals surface area contributed by atoms with Crippen LogP contribution < -0.4 is 11.0 Å². The van der Waals surface area contributed by atoms with Gasteiger partial charge in [-0.15, -0.1) is 11.3 Å². The van der Waals surface area contributed by atoms with Gasteiger partial charge in [0.05, 0.1) is 17.2 Å². The second-order valence-corrected chi connectivity index (χ2v) is 8.57. The Bertz CT molecular complexity index is 1250. The number of carbonyl (C=O) groups is 1. The molecular formula is C21H21N5O3S. The van der Waals surface area contributed by atoms with Crippen molar-refractivity contribution in [1.29, 1.82) is 0 Å². The molecule has 0 saturated carbocycles. The average Bonchev–Trinajstić information content (AvgIpc) is 3.39. The fraction of sp³-hybridized carbons (Fsp3) is 0.333. The monoisotopic (exact) mass is 423 g/mol. The number of benzene rings is 1. The van der Waals surface area contributed by atoms with E-state index in [2.05, 4.69) is 15.4 Å². The molecule has 4 heterocycles. The molecule has 1 aliphatic rings. The lowest BCUT2D eigenvalue weighted by atomic mass is 10.1. The van der Waals surface area contributed by atoms with Crippen LogP contribution in [0.25, 0.3) is 11.0 Å². The SMILES string of the molecule is Cc1nc(Cn2nc3n(c2=O)CCC(NC(=O)c2cc4ccccc4o2)CC3)cs1. The van der Waals surface area contributed by atoms with Crippen molar-refractivity contribution in [2.45, 2.75) is 45.3 Å². The molecule has 5 rings (SSSR count). The van der Waals surface area contributed by atoms with Gasteiger partial charge in [0, 0.05) is 29.8 Å². The first kappa shape index (κ1) is 18.8. The maximum Gasteiger partial charge on any atom is 0.346 e. The third-order valence-corrected chi connectivity index (χ3v) is 6.20. The van der Waals surface area contributed by atoms with Gasteiger partial charge in [-0.3, -0.25) is 9.36 Å². The molecule has 0 spiro atoms. The van der Waals surface area contributed by atoms with Crippen LogP contribution in [0.3, 0.4) is 0 Å². The van der Waals surface area contributed by atoms with E-state index in [-0.39, 0.29) is 17.6 Å². The summed E-state index contributed by atoms with van der Waals surface area (Å²) in [4.78, 5) is 29.8. The van der Waals surface area contributed by atoms with E-state index in [4.69, 9.17) is 4.42 Å². The lowest BCUT2D eigenvalue weighted by molar-refractivity contribution is 0.0907. The number of aromatic nitrogens is 4. The average molecular weight is 423 g/mol. The minimum Gasteiger partial charge on any atom is -0.451 e. The van der Waals surface area contributed by atoms with Gasteiger partial charge in [-0.05, 0) is 31.9 Å². The number of furan rings is 1. The number of para-hydroxylation sites is 1. The van der Waals surface area contributed by atoms with Gasteiger partial charge in [-0.2, -0.15) is 5.10 Å². The highest BCUT2D eigenvalue weighted by atomic mass is 32.1. The van der Waals surface area contributed by atoms with E-state index in [1.165, 1.54) is 4.68 Å². The van der Waals surface area contributed by atoms with Crippen LogP contribution in [-0.2, 0) is 19.5 Å². The molecule has 1 unspecified atom stereocenters. The topological polar surface area (TPSA) is 95.0 Å². The van der Waals surface area contributed by atoms with Crippen LogP contribution in [0.15, 0.2) is 44.9 Å². The Morgan fingerprint density at radius 1 is 1.33 bits per heavy atom. The number of carbonyl (C=O) groups excluding carboxylic acids is 1. The molecule has 0 bridgehead atoms. The summed E-state index contributed by atoms with van der Waals surface area (Å²) in [7, 11) is 0. The largest absolute Gasteiger partial charge is 0.451 e. The second kappa shape index (κ2) is 7.56. The normalized spacial score (nSPS) is 16.4. The number of nitrogens with zero attached hydrogens (tertiary/aromatic N) is 4. The van der Waals surface area contributed by atoms with Crippen molar-refractivity contribution in [2.75, 3.05) is 0 Å². The summed E-state index contributed by atoms with van der Waals surface area (Å²) < 4.78 is 8.85. The van der Waals surface area contributed by atoms with Crippen molar-refractivity contribution in [3.05, 3.63) is 68.5 Å². The summed E-state index contributed by atoms with van der Waals surface area (Å²) in [6.45, 7) is 2.85. The minimum atomic E-state index is -0.230. The molecule has 1 amide bonds. The van der Waals surface area contributed by atoms with Crippen molar-refractivity contribution in [2.24, 2.45) is 0 Å². The fourth-order valence-corrected chi connectivity index (χ4v) is 4.46. The molecule has 4 aromatic rings. The van der Waals surface area contributed by atoms with Gasteiger partial charge in [0.25, 0.3) is 5.91 Å². The molecule has 1 N–H and O–H groups in total. The number of amides is 1. The van der Waals surface area contributed by atoms with Gasteiger partial charge >= 0.3 is 5.69 Å². The lowest BCUT2D eigenvalue weighted by Gasteiger charge is -2.14. The molecule has 1 atom stereocenters. The number of nitrogens with one attached hydrogen (secondary N) is 1. The van der Waals surface area contributed by atoms with E-state index in [1.807, 2.05) is 36.6 Å². The molecule has 30 heavy (non-hydrogen) atoms. The predicted molar refractivity (Wildman–Crippen MR) is 113 cm³/mol. The summed E-state index contributed by atoms with van der Waals surface area (Å²) >= 11 is 1.56. The van der Waals surface area contributed by atoms with Gasteiger partial charge < -0.3 is 9.73 Å².